The van der Waals surface area contributed by atoms with Gasteiger partial charge in [0.25, 0.3) is 0 Å². The molecule has 0 spiro atoms. The molecule has 4 aliphatic rings. The molecule has 1 aromatic rings. The first-order valence-corrected chi connectivity index (χ1v) is 14.0. The van der Waals surface area contributed by atoms with E-state index in [2.05, 4.69) is 47.4 Å². The van der Waals surface area contributed by atoms with Gasteiger partial charge in [0.2, 0.25) is 0 Å². The fraction of sp³-hybridized carbons (Fsp3) is 0.556. The third-order valence-corrected chi connectivity index (χ3v) is 7.01. The summed E-state index contributed by atoms with van der Waals surface area (Å²) >= 11 is 0. The maximum absolute atomic E-state index is 8.49. The summed E-state index contributed by atoms with van der Waals surface area (Å²) in [4.78, 5) is 2.33. The molecule has 5 rings (SSSR count). The summed E-state index contributed by atoms with van der Waals surface area (Å²) in [6, 6.07) is 8.88. The van der Waals surface area contributed by atoms with Crippen molar-refractivity contribution in [3.05, 3.63) is 58.7 Å². The zero-order valence-corrected chi connectivity index (χ0v) is 24.7. The van der Waals surface area contributed by atoms with E-state index in [0.717, 1.165) is 24.9 Å². The Bertz CT molecular complexity index is 913. The average molecular weight is 560 g/mol. The van der Waals surface area contributed by atoms with Crippen molar-refractivity contribution in [3.8, 4) is 0 Å². The zero-order chi connectivity index (χ0) is 26.1. The molecule has 38 heavy (non-hydrogen) atoms. The summed E-state index contributed by atoms with van der Waals surface area (Å²) in [6.07, 6.45) is 11.3. The van der Waals surface area contributed by atoms with Gasteiger partial charge in [0.05, 0.1) is 52.9 Å². The molecular weight excluding hydrogens is 525 g/mol. The van der Waals surface area contributed by atoms with Crippen molar-refractivity contribution in [2.75, 3.05) is 70.8 Å². The van der Waals surface area contributed by atoms with Crippen LogP contribution in [0.1, 0.15) is 24.8 Å². The van der Waals surface area contributed by atoms with Crippen LogP contribution in [-0.4, -0.2) is 65.9 Å². The van der Waals surface area contributed by atoms with Crippen LogP contribution in [0.2, 0.25) is 0 Å². The van der Waals surface area contributed by atoms with Gasteiger partial charge in [-0.15, -0.1) is 10.2 Å². The molecule has 1 aliphatic heterocycles. The van der Waals surface area contributed by atoms with E-state index < -0.39 is 10.2 Å². The van der Waals surface area contributed by atoms with Crippen LogP contribution < -0.4 is 53.1 Å². The second-order valence-corrected chi connectivity index (χ2v) is 10.2. The van der Waals surface area contributed by atoms with Gasteiger partial charge in [0.15, 0.2) is 0 Å². The fourth-order valence-corrected chi connectivity index (χ4v) is 5.36. The van der Waals surface area contributed by atoms with Gasteiger partial charge in [0.1, 0.15) is 0 Å². The van der Waals surface area contributed by atoms with E-state index in [9.17, 15) is 0 Å². The summed E-state index contributed by atoms with van der Waals surface area (Å²) in [7, 11) is -4.94. The van der Waals surface area contributed by atoms with Crippen LogP contribution in [0.25, 0.3) is 6.08 Å². The second kappa shape index (κ2) is 15.9. The zero-order valence-electron chi connectivity index (χ0n) is 22.0. The van der Waals surface area contributed by atoms with Gasteiger partial charge in [-0.05, 0) is 71.6 Å². The Kier molecular flexibility index (Phi) is 13.2. The van der Waals surface area contributed by atoms with E-state index >= 15 is 0 Å². The summed E-state index contributed by atoms with van der Waals surface area (Å²) in [5.41, 5.74) is 7.07. The minimum absolute atomic E-state index is 0. The van der Waals surface area contributed by atoms with E-state index in [1.165, 1.54) is 36.1 Å². The number of nitrogens with zero attached hydrogens (tertiary/aromatic N) is 1. The van der Waals surface area contributed by atoms with Gasteiger partial charge in [-0.1, -0.05) is 24.3 Å². The molecule has 11 heteroatoms. The normalized spacial score (nSPS) is 24.6. The monoisotopic (exact) mass is 559 g/mol. The predicted molar refractivity (Wildman–Crippen MR) is 127 cm³/mol. The van der Waals surface area contributed by atoms with Crippen LogP contribution in [0.4, 0.5) is 5.69 Å². The van der Waals surface area contributed by atoms with Gasteiger partial charge < -0.3 is 23.8 Å². The fourth-order valence-electron chi connectivity index (χ4n) is 5.36. The number of hydrogen-bond acceptors (Lipinski definition) is 9. The number of halogens is 1. The van der Waals surface area contributed by atoms with Gasteiger partial charge in [0, 0.05) is 18.8 Å². The van der Waals surface area contributed by atoms with Gasteiger partial charge in [-0.2, -0.15) is 0 Å². The molecule has 9 nitrogen and oxygen atoms in total. The maximum atomic E-state index is 8.49. The summed E-state index contributed by atoms with van der Waals surface area (Å²) in [6.45, 7) is 6.68. The third-order valence-electron chi connectivity index (χ3n) is 7.01. The van der Waals surface area contributed by atoms with E-state index in [4.69, 9.17) is 37.6 Å². The smallest absolute Gasteiger partial charge is 0.377 e. The first-order chi connectivity index (χ1) is 17.9. The molecule has 3 aliphatic carbocycles. The molecule has 2 unspecified atom stereocenters. The van der Waals surface area contributed by atoms with E-state index in [1.54, 1.807) is 11.1 Å². The Morgan fingerprint density at radius 2 is 1.11 bits per heavy atom. The summed E-state index contributed by atoms with van der Waals surface area (Å²) in [5.74, 6) is 1.66. The van der Waals surface area contributed by atoms with E-state index in [-0.39, 0.29) is 29.6 Å². The van der Waals surface area contributed by atoms with Crippen LogP contribution in [0, 0.1) is 22.1 Å². The van der Waals surface area contributed by atoms with E-state index in [0.29, 0.717) is 52.9 Å². The van der Waals surface area contributed by atoms with Gasteiger partial charge in [-0.3, -0.25) is 0 Å². The standard InChI is InChI=1S/C27H35NO4.ClHO4.Na/c1-5-25(28-7-9-29-11-13-31-15-16-32-14-12-30-10-8-28)6-2-21(1)17-22-18-26-23-3-4-24(20-23)27(26)19-22;2-1(3,4)5;/h1-2,5-6,17-19,23-24H,3-4,7-16,20H2;(H,2,3,4,5);/q;;+1/p-1. The van der Waals surface area contributed by atoms with E-state index in [1.807, 2.05) is 0 Å². The number of rotatable bonds is 2. The van der Waals surface area contributed by atoms with Crippen LogP contribution in [0.3, 0.4) is 0 Å². The molecule has 2 bridgehead atoms. The molecule has 0 aromatic heterocycles. The van der Waals surface area contributed by atoms with Crippen LogP contribution in [0.15, 0.2) is 53.1 Å². The number of benzene rings is 1. The largest absolute Gasteiger partial charge is 1.00 e. The SMILES string of the molecule is C(=C1C=C2C(=C1)C1CCC2C1)c1ccc(N2CCOCCOCCOCCOCC2)cc1.[Na+].[O-][Cl+3]([O-])([O-])[O-]. The molecule has 2 saturated carbocycles. The van der Waals surface area contributed by atoms with Crippen molar-refractivity contribution in [2.24, 2.45) is 11.8 Å². The molecule has 0 radical (unpaired) electrons. The number of anilines is 1. The number of allylic oxidation sites excluding steroid dienone is 5. The second-order valence-electron chi connectivity index (χ2n) is 9.46. The Labute approximate surface area is 248 Å². The van der Waals surface area contributed by atoms with Crippen molar-refractivity contribution in [1.29, 1.82) is 0 Å². The Balaban J connectivity index is 0.000000612. The third kappa shape index (κ3) is 10.3. The maximum Gasteiger partial charge on any atom is 1.00 e. The summed E-state index contributed by atoms with van der Waals surface area (Å²) < 4.78 is 56.5. The molecule has 1 heterocycles. The Morgan fingerprint density at radius 3 is 1.55 bits per heavy atom. The van der Waals surface area contributed by atoms with Gasteiger partial charge in [-0.25, -0.2) is 18.6 Å². The first-order valence-electron chi connectivity index (χ1n) is 12.8. The topological polar surface area (TPSA) is 132 Å². The molecule has 0 N–H and O–H groups in total. The number of hydrogen-bond donors (Lipinski definition) is 0. The van der Waals surface area contributed by atoms with Crippen LogP contribution in [0.5, 0.6) is 0 Å². The molecule has 3 fully saturated rings. The quantitative estimate of drug-likeness (QED) is 0.339. The molecular formula is C27H35ClNNaO8. The van der Waals surface area contributed by atoms with Gasteiger partial charge >= 0.3 is 29.6 Å². The average Bonchev–Trinajstić information content (AvgIpc) is 3.56. The van der Waals surface area contributed by atoms with Crippen molar-refractivity contribution in [1.82, 2.24) is 0 Å². The first kappa shape index (κ1) is 31.7. The van der Waals surface area contributed by atoms with Crippen molar-refractivity contribution in [3.63, 3.8) is 0 Å². The summed E-state index contributed by atoms with van der Waals surface area (Å²) in [5, 5.41) is 0. The molecule has 1 saturated heterocycles. The molecule has 2 atom stereocenters. The Hall–Kier alpha value is -0.790. The number of ether oxygens (including phenoxy) is 4. The van der Waals surface area contributed by atoms with Crippen LogP contribution in [-0.2, 0) is 18.9 Å². The van der Waals surface area contributed by atoms with Crippen molar-refractivity contribution < 1.29 is 77.4 Å². The van der Waals surface area contributed by atoms with Crippen molar-refractivity contribution >= 4 is 11.8 Å². The predicted octanol–water partition coefficient (Wildman–Crippen LogP) is -3.50. The number of fused-ring (bicyclic) bond motifs is 5. The molecule has 1 aromatic carbocycles. The van der Waals surface area contributed by atoms with Crippen molar-refractivity contribution in [2.45, 2.75) is 19.3 Å². The molecule has 0 amide bonds. The minimum Gasteiger partial charge on any atom is -0.377 e. The Morgan fingerprint density at radius 1 is 0.684 bits per heavy atom. The molecule has 204 valence electrons. The minimum atomic E-state index is -4.94. The van der Waals surface area contributed by atoms with Crippen LogP contribution >= 0.6 is 0 Å².